The van der Waals surface area contributed by atoms with Gasteiger partial charge in [-0.25, -0.2) is 13.9 Å². The van der Waals surface area contributed by atoms with Crippen molar-refractivity contribution < 1.29 is 71.4 Å². The fraction of sp³-hybridized carbons (Fsp3) is 0.538. The van der Waals surface area contributed by atoms with Crippen molar-refractivity contribution in [1.29, 1.82) is 0 Å². The van der Waals surface area contributed by atoms with Crippen molar-refractivity contribution in [1.82, 2.24) is 9.55 Å². The average Bonchev–Trinajstić information content (AvgIpc) is 3.62. The first-order chi connectivity index (χ1) is 35.1. The lowest BCUT2D eigenvalue weighted by Gasteiger charge is -2.21. The second-order valence-corrected chi connectivity index (χ2v) is 19.8. The van der Waals surface area contributed by atoms with Crippen LogP contribution in [0.25, 0.3) is 0 Å². The molecule has 0 bridgehead atoms. The smallest absolute Gasteiger partial charge is 0.462 e. The van der Waals surface area contributed by atoms with Crippen LogP contribution < -0.4 is 11.4 Å². The van der Waals surface area contributed by atoms with Crippen molar-refractivity contribution in [3.63, 3.8) is 0 Å². The molecular weight excluding hydrogens is 985 g/mol. The van der Waals surface area contributed by atoms with E-state index in [9.17, 15) is 48.6 Å². The van der Waals surface area contributed by atoms with E-state index in [0.717, 1.165) is 49.3 Å². The maximum absolute atomic E-state index is 12.8. The Kier molecular flexibility index (Phi) is 34.4. The van der Waals surface area contributed by atoms with E-state index in [1.165, 1.54) is 25.3 Å². The van der Waals surface area contributed by atoms with Crippen molar-refractivity contribution in [2.45, 2.75) is 160 Å². The van der Waals surface area contributed by atoms with E-state index in [1.807, 2.05) is 73.8 Å². The molecule has 408 valence electrons. The monoisotopic (exact) mass is 1060 g/mol. The van der Waals surface area contributed by atoms with Crippen molar-refractivity contribution >= 4 is 33.4 Å². The lowest BCUT2D eigenvalue weighted by atomic mass is 10.1. The summed E-state index contributed by atoms with van der Waals surface area (Å²) in [4.78, 5) is 61.8. The summed E-state index contributed by atoms with van der Waals surface area (Å²) in [6, 6.07) is 1.24. The number of ether oxygens (including phenoxy) is 3. The van der Waals surface area contributed by atoms with Gasteiger partial charge in [0.2, 0.25) is 0 Å². The predicted molar refractivity (Wildman–Crippen MR) is 280 cm³/mol. The van der Waals surface area contributed by atoms with Gasteiger partial charge in [0.15, 0.2) is 12.3 Å². The minimum Gasteiger partial charge on any atom is -0.462 e. The number of allylic oxidation sites excluding steroid dienone is 16. The highest BCUT2D eigenvalue weighted by Gasteiger charge is 2.46. The van der Waals surface area contributed by atoms with Crippen LogP contribution in [0.5, 0.6) is 0 Å². The number of aliphatic hydroxyl groups excluding tert-OH is 3. The molecule has 0 aliphatic carbocycles. The Hall–Kier alpha value is -4.62. The summed E-state index contributed by atoms with van der Waals surface area (Å²) in [7, 11) is -10.9. The lowest BCUT2D eigenvalue weighted by molar-refractivity contribution is -0.161. The standard InChI is InChI=1S/C52H79N3O16P2/c1-3-5-7-8-9-10-11-12-13-14-15-16-20-23-26-29-32-36-47(57)66-40-44(69-48(58)37-33-30-27-24-21-18-17-19-22-25-28-31-35-43(56)34-6-4-2)41-67-72(62,63)71-73(64,65)68-42-45-49(59)50(60)51(70-45)55-39-38-46(53)54-52(55)61/h6,9-10,12-13,15-18,22-28,31,34,38-39,43-45,49-51,56,59-60H,3-5,7-8,11,14,19-21,29-30,32-33,35-37,40-42H2,1-2H3,(H,62,63)(H,64,65)(H2,53,54,61)/b10-9-,13-12-,16-15-,18-17-,25-22-,26-23-,27-24-,31-28+,34-6-/t43?,44-,45-,49-,50-,51-/m1/s1. The number of unbranched alkanes of at least 4 members (excludes halogenated alkanes) is 5. The molecule has 0 amide bonds. The first kappa shape index (κ1) is 64.5. The summed E-state index contributed by atoms with van der Waals surface area (Å²) >= 11 is 0. The van der Waals surface area contributed by atoms with Crippen LogP contribution >= 0.6 is 15.6 Å². The Bertz CT molecular complexity index is 2170. The molecule has 1 aromatic rings. The molecule has 0 saturated carbocycles. The van der Waals surface area contributed by atoms with Gasteiger partial charge < -0.3 is 45.1 Å². The topological polar surface area (TPSA) is 286 Å². The van der Waals surface area contributed by atoms with Crippen molar-refractivity contribution in [2.24, 2.45) is 0 Å². The molecular formula is C52H79N3O16P2. The fourth-order valence-electron chi connectivity index (χ4n) is 6.54. The van der Waals surface area contributed by atoms with Gasteiger partial charge in [-0.3, -0.25) is 23.2 Å². The molecule has 0 aromatic carbocycles. The van der Waals surface area contributed by atoms with Crippen LogP contribution in [0.1, 0.15) is 129 Å². The molecule has 2 rings (SSSR count). The number of nitrogens with two attached hydrogens (primary N) is 1. The second-order valence-electron chi connectivity index (χ2n) is 16.8. The van der Waals surface area contributed by atoms with E-state index in [-0.39, 0.29) is 18.7 Å². The number of nitrogens with zero attached hydrogens (tertiary/aromatic N) is 2. The summed E-state index contributed by atoms with van der Waals surface area (Å²) < 4.78 is 56.6. The summed E-state index contributed by atoms with van der Waals surface area (Å²) in [5.74, 6) is -1.48. The molecule has 3 unspecified atom stereocenters. The molecule has 19 nitrogen and oxygen atoms in total. The number of hydrogen-bond donors (Lipinski definition) is 6. The maximum Gasteiger partial charge on any atom is 0.481 e. The van der Waals surface area contributed by atoms with Gasteiger partial charge >= 0.3 is 33.3 Å². The third-order valence-electron chi connectivity index (χ3n) is 10.4. The molecule has 2 heterocycles. The zero-order valence-corrected chi connectivity index (χ0v) is 44.0. The number of phosphoric ester groups is 2. The highest BCUT2D eigenvalue weighted by Crippen LogP contribution is 2.60. The Balaban J connectivity index is 1.87. The van der Waals surface area contributed by atoms with Gasteiger partial charge in [0.05, 0.1) is 19.3 Å². The number of aromatic nitrogens is 2. The van der Waals surface area contributed by atoms with E-state index in [1.54, 1.807) is 6.08 Å². The van der Waals surface area contributed by atoms with E-state index in [0.29, 0.717) is 38.5 Å². The number of aliphatic hydroxyl groups is 3. The minimum absolute atomic E-state index is 0.0236. The normalized spacial score (nSPS) is 20.3. The number of phosphoric acid groups is 2. The fourth-order valence-corrected chi connectivity index (χ4v) is 8.65. The highest BCUT2D eigenvalue weighted by molar-refractivity contribution is 7.61. The van der Waals surface area contributed by atoms with E-state index in [2.05, 4.69) is 52.7 Å². The molecule has 73 heavy (non-hydrogen) atoms. The lowest BCUT2D eigenvalue weighted by Crippen LogP contribution is -2.36. The summed E-state index contributed by atoms with van der Waals surface area (Å²) in [5.41, 5.74) is 4.57. The van der Waals surface area contributed by atoms with Crippen molar-refractivity contribution in [3.05, 3.63) is 132 Å². The van der Waals surface area contributed by atoms with E-state index < -0.39 is 89.8 Å². The Morgan fingerprint density at radius 3 is 1.88 bits per heavy atom. The third kappa shape index (κ3) is 31.7. The molecule has 7 N–H and O–H groups in total. The molecule has 0 spiro atoms. The Morgan fingerprint density at radius 1 is 0.740 bits per heavy atom. The summed E-state index contributed by atoms with van der Waals surface area (Å²) in [6.45, 7) is 1.75. The number of nitrogen functional groups attached to an aromatic ring is 1. The summed E-state index contributed by atoms with van der Waals surface area (Å²) in [6.07, 6.45) is 41.0. The van der Waals surface area contributed by atoms with Crippen molar-refractivity contribution in [2.75, 3.05) is 25.6 Å². The number of carbonyl (C=O) groups is 2. The van der Waals surface area contributed by atoms with Crippen LogP contribution in [-0.2, 0) is 46.3 Å². The molecule has 1 saturated heterocycles. The van der Waals surface area contributed by atoms with Gasteiger partial charge in [-0.05, 0) is 89.5 Å². The van der Waals surface area contributed by atoms with Gasteiger partial charge in [0.1, 0.15) is 30.7 Å². The Labute approximate surface area is 430 Å². The van der Waals surface area contributed by atoms with Gasteiger partial charge in [0, 0.05) is 19.0 Å². The quantitative estimate of drug-likeness (QED) is 0.0118. The largest absolute Gasteiger partial charge is 0.481 e. The van der Waals surface area contributed by atoms with Crippen LogP contribution in [0.3, 0.4) is 0 Å². The van der Waals surface area contributed by atoms with Crippen LogP contribution in [0.15, 0.2) is 126 Å². The van der Waals surface area contributed by atoms with Gasteiger partial charge in [-0.2, -0.15) is 9.29 Å². The van der Waals surface area contributed by atoms with Crippen molar-refractivity contribution in [3.8, 4) is 0 Å². The molecule has 1 aliphatic rings. The van der Waals surface area contributed by atoms with Crippen LogP contribution in [0.2, 0.25) is 0 Å². The number of rotatable bonds is 39. The molecule has 8 atom stereocenters. The Morgan fingerprint density at radius 2 is 1.29 bits per heavy atom. The maximum atomic E-state index is 12.8. The molecule has 1 aromatic heterocycles. The zero-order valence-electron chi connectivity index (χ0n) is 42.2. The number of carbonyl (C=O) groups excluding carboxylic acids is 2. The SMILES string of the molecule is CC/C=C\C(O)C/C=C/C=C\C/C=C\C/C=C\CCCC(=O)O[C@H](COC(=O)CCC/C=C\C/C=C\C/C=C\C/C=C\CCCCC)COP(=O)(O)OP(=O)(O)OC[C@H]1O[C@@H](n2ccc(N)nc2=O)[C@H](O)[C@@H]1O. The minimum atomic E-state index is -5.46. The highest BCUT2D eigenvalue weighted by atomic mass is 31.3. The number of hydrogen-bond acceptors (Lipinski definition) is 16. The molecule has 21 heteroatoms. The third-order valence-corrected chi connectivity index (χ3v) is 13.0. The van der Waals surface area contributed by atoms with Crippen LogP contribution in [-0.4, -0.2) is 96.9 Å². The predicted octanol–water partition coefficient (Wildman–Crippen LogP) is 9.19. The van der Waals surface area contributed by atoms with Crippen LogP contribution in [0, 0.1) is 0 Å². The van der Waals surface area contributed by atoms with Crippen LogP contribution in [0.4, 0.5) is 5.82 Å². The van der Waals surface area contributed by atoms with E-state index in [4.69, 9.17) is 29.0 Å². The van der Waals surface area contributed by atoms with Gasteiger partial charge in [-0.15, -0.1) is 0 Å². The second kappa shape index (κ2) is 38.9. The molecule has 0 radical (unpaired) electrons. The van der Waals surface area contributed by atoms with E-state index >= 15 is 0 Å². The zero-order chi connectivity index (χ0) is 53.6. The molecule has 1 aliphatic heterocycles. The van der Waals surface area contributed by atoms with Gasteiger partial charge in [0.25, 0.3) is 0 Å². The molecule has 1 fully saturated rings. The average molecular weight is 1060 g/mol. The number of anilines is 1. The summed E-state index contributed by atoms with van der Waals surface area (Å²) in [5, 5.41) is 30.7. The first-order valence-corrected chi connectivity index (χ1v) is 28.0. The first-order valence-electron chi connectivity index (χ1n) is 25.0. The number of esters is 2. The van der Waals surface area contributed by atoms with Gasteiger partial charge in [-0.1, -0.05) is 136 Å².